The maximum atomic E-state index is 13.2. The van der Waals surface area contributed by atoms with E-state index in [1.165, 1.54) is 0 Å². The molecule has 0 unspecified atom stereocenters. The van der Waals surface area contributed by atoms with Gasteiger partial charge in [-0.15, -0.1) is 0 Å². The Balaban J connectivity index is 2.36. The van der Waals surface area contributed by atoms with Gasteiger partial charge in [-0.1, -0.05) is 0 Å². The Morgan fingerprint density at radius 3 is 2.25 bits per heavy atom. The molecule has 1 aromatic rings. The maximum Gasteiger partial charge on any atom is 0.206 e. The third kappa shape index (κ3) is 1.73. The van der Waals surface area contributed by atoms with Gasteiger partial charge in [0, 0.05) is 19.2 Å². The van der Waals surface area contributed by atoms with Gasteiger partial charge in [-0.2, -0.15) is 4.39 Å². The normalized spacial score (nSPS) is 18.1. The zero-order valence-electron chi connectivity index (χ0n) is 8.41. The van der Waals surface area contributed by atoms with E-state index < -0.39 is 34.6 Å². The van der Waals surface area contributed by atoms with Gasteiger partial charge in [0.2, 0.25) is 5.82 Å². The summed E-state index contributed by atoms with van der Waals surface area (Å²) in [6.07, 6.45) is 0. The summed E-state index contributed by atoms with van der Waals surface area (Å²) in [4.78, 5) is 0. The van der Waals surface area contributed by atoms with E-state index in [1.54, 1.807) is 6.92 Å². The van der Waals surface area contributed by atoms with Crippen LogP contribution in [0.1, 0.15) is 6.92 Å². The van der Waals surface area contributed by atoms with Crippen LogP contribution in [0.4, 0.5) is 17.6 Å². The second-order valence-electron chi connectivity index (χ2n) is 3.95. The summed E-state index contributed by atoms with van der Waals surface area (Å²) in [7, 11) is 0. The smallest absolute Gasteiger partial charge is 0.206 e. The molecule has 1 fully saturated rings. The molecule has 0 saturated carbocycles. The molecule has 0 aromatic heterocycles. The fourth-order valence-corrected chi connectivity index (χ4v) is 1.44. The zero-order chi connectivity index (χ0) is 11.9. The molecular formula is C10H9F4NO. The summed E-state index contributed by atoms with van der Waals surface area (Å²) in [6.45, 7) is 2.40. The Bertz CT molecular complexity index is 431. The molecule has 0 radical (unpaired) electrons. The number of hydrogen-bond donors (Lipinski definition) is 1. The predicted molar refractivity (Wildman–Crippen MR) is 48.2 cm³/mol. The quantitative estimate of drug-likeness (QED) is 0.481. The van der Waals surface area contributed by atoms with Gasteiger partial charge in [0.05, 0.1) is 0 Å². The van der Waals surface area contributed by atoms with Gasteiger partial charge in [0.1, 0.15) is 5.60 Å². The first-order valence-corrected chi connectivity index (χ1v) is 4.66. The van der Waals surface area contributed by atoms with Crippen molar-refractivity contribution in [2.45, 2.75) is 12.5 Å². The predicted octanol–water partition coefficient (Wildman–Crippen LogP) is 1.98. The molecule has 0 atom stereocenters. The Hall–Kier alpha value is -1.30. The molecule has 1 aliphatic heterocycles. The van der Waals surface area contributed by atoms with Crippen molar-refractivity contribution in [1.29, 1.82) is 0 Å². The molecule has 1 saturated heterocycles. The lowest BCUT2D eigenvalue weighted by Crippen LogP contribution is -2.61. The van der Waals surface area contributed by atoms with Crippen molar-refractivity contribution in [3.8, 4) is 5.75 Å². The van der Waals surface area contributed by atoms with Gasteiger partial charge in [-0.25, -0.2) is 13.2 Å². The largest absolute Gasteiger partial charge is 0.479 e. The summed E-state index contributed by atoms with van der Waals surface area (Å²) in [5.74, 6) is -7.05. The topological polar surface area (TPSA) is 21.3 Å². The molecule has 1 heterocycles. The van der Waals surface area contributed by atoms with Crippen molar-refractivity contribution in [3.63, 3.8) is 0 Å². The molecule has 1 N–H and O–H groups in total. The van der Waals surface area contributed by atoms with E-state index in [4.69, 9.17) is 4.74 Å². The van der Waals surface area contributed by atoms with Crippen LogP contribution < -0.4 is 10.1 Å². The third-order valence-electron chi connectivity index (χ3n) is 2.42. The number of benzene rings is 1. The van der Waals surface area contributed by atoms with E-state index in [1.807, 2.05) is 0 Å². The highest BCUT2D eigenvalue weighted by Crippen LogP contribution is 2.30. The van der Waals surface area contributed by atoms with Crippen molar-refractivity contribution in [3.05, 3.63) is 29.3 Å². The van der Waals surface area contributed by atoms with Gasteiger partial charge in [-0.05, 0) is 6.92 Å². The van der Waals surface area contributed by atoms with Crippen LogP contribution in [0.2, 0.25) is 0 Å². The lowest BCUT2D eigenvalue weighted by atomic mass is 10.00. The molecule has 1 aliphatic rings. The van der Waals surface area contributed by atoms with Crippen molar-refractivity contribution >= 4 is 0 Å². The summed E-state index contributed by atoms with van der Waals surface area (Å²) in [5, 5.41) is 2.85. The molecule has 2 nitrogen and oxygen atoms in total. The highest BCUT2D eigenvalue weighted by Gasteiger charge is 2.36. The minimum Gasteiger partial charge on any atom is -0.479 e. The fraction of sp³-hybridized carbons (Fsp3) is 0.400. The van der Waals surface area contributed by atoms with E-state index in [0.29, 0.717) is 13.1 Å². The molecule has 88 valence electrons. The number of halogens is 4. The maximum absolute atomic E-state index is 13.2. The third-order valence-corrected chi connectivity index (χ3v) is 2.42. The molecule has 0 aliphatic carbocycles. The minimum atomic E-state index is -1.73. The lowest BCUT2D eigenvalue weighted by molar-refractivity contribution is 0.0262. The lowest BCUT2D eigenvalue weighted by Gasteiger charge is -2.39. The molecule has 2 rings (SSSR count). The summed E-state index contributed by atoms with van der Waals surface area (Å²) in [6, 6.07) is 0.267. The fourth-order valence-electron chi connectivity index (χ4n) is 1.44. The molecule has 0 bridgehead atoms. The highest BCUT2D eigenvalue weighted by molar-refractivity contribution is 5.29. The standard InChI is InChI=1S/C10H9F4NO/c1-10(3-15-4-10)16-9-6(12)2-5(11)7(13)8(9)14/h2,15H,3-4H2,1H3. The molecular weight excluding hydrogens is 226 g/mol. The van der Waals surface area contributed by atoms with Crippen molar-refractivity contribution in [1.82, 2.24) is 5.32 Å². The molecule has 0 spiro atoms. The first-order valence-electron chi connectivity index (χ1n) is 4.66. The van der Waals surface area contributed by atoms with E-state index in [0.717, 1.165) is 0 Å². The van der Waals surface area contributed by atoms with Crippen molar-refractivity contribution < 1.29 is 22.3 Å². The average molecular weight is 235 g/mol. The Kier molecular flexibility index (Phi) is 2.53. The van der Waals surface area contributed by atoms with E-state index in [9.17, 15) is 17.6 Å². The van der Waals surface area contributed by atoms with Gasteiger partial charge in [0.15, 0.2) is 23.2 Å². The van der Waals surface area contributed by atoms with Crippen LogP contribution in [0.5, 0.6) is 5.75 Å². The zero-order valence-corrected chi connectivity index (χ0v) is 8.41. The second-order valence-corrected chi connectivity index (χ2v) is 3.95. The van der Waals surface area contributed by atoms with Crippen molar-refractivity contribution in [2.24, 2.45) is 0 Å². The molecule has 6 heteroatoms. The van der Waals surface area contributed by atoms with E-state index in [-0.39, 0.29) is 6.07 Å². The van der Waals surface area contributed by atoms with Crippen LogP contribution in [0.25, 0.3) is 0 Å². The van der Waals surface area contributed by atoms with Gasteiger partial charge >= 0.3 is 0 Å². The Morgan fingerprint density at radius 1 is 1.12 bits per heavy atom. The number of hydrogen-bond acceptors (Lipinski definition) is 2. The second kappa shape index (κ2) is 3.62. The van der Waals surface area contributed by atoms with Crippen LogP contribution >= 0.6 is 0 Å². The first-order chi connectivity index (χ1) is 7.43. The van der Waals surface area contributed by atoms with Crippen molar-refractivity contribution in [2.75, 3.05) is 13.1 Å². The minimum absolute atomic E-state index is 0.267. The van der Waals surface area contributed by atoms with Crippen LogP contribution in [0, 0.1) is 23.3 Å². The van der Waals surface area contributed by atoms with E-state index in [2.05, 4.69) is 5.32 Å². The highest BCUT2D eigenvalue weighted by atomic mass is 19.2. The summed E-state index contributed by atoms with van der Waals surface area (Å²) >= 11 is 0. The van der Waals surface area contributed by atoms with Crippen LogP contribution in [0.15, 0.2) is 6.07 Å². The Morgan fingerprint density at radius 2 is 1.75 bits per heavy atom. The molecule has 16 heavy (non-hydrogen) atoms. The number of nitrogens with one attached hydrogen (secondary N) is 1. The number of rotatable bonds is 2. The van der Waals surface area contributed by atoms with Gasteiger partial charge in [0.25, 0.3) is 0 Å². The average Bonchev–Trinajstić information content (AvgIpc) is 2.19. The van der Waals surface area contributed by atoms with Gasteiger partial charge in [-0.3, -0.25) is 0 Å². The first kappa shape index (κ1) is 11.2. The van der Waals surface area contributed by atoms with E-state index >= 15 is 0 Å². The van der Waals surface area contributed by atoms with Crippen LogP contribution in [-0.4, -0.2) is 18.7 Å². The monoisotopic (exact) mass is 235 g/mol. The molecule has 0 amide bonds. The van der Waals surface area contributed by atoms with Crippen LogP contribution in [0.3, 0.4) is 0 Å². The van der Waals surface area contributed by atoms with Crippen LogP contribution in [-0.2, 0) is 0 Å². The molecule has 1 aromatic carbocycles. The Labute approximate surface area is 89.2 Å². The SMILES string of the molecule is CC1(Oc2c(F)cc(F)c(F)c2F)CNC1. The van der Waals surface area contributed by atoms with Gasteiger partial charge < -0.3 is 10.1 Å². The number of ether oxygens (including phenoxy) is 1. The summed E-state index contributed by atoms with van der Waals surface area (Å²) < 4.78 is 56.9. The summed E-state index contributed by atoms with van der Waals surface area (Å²) in [5.41, 5.74) is -0.786.